The molecule has 0 aliphatic rings. The summed E-state index contributed by atoms with van der Waals surface area (Å²) in [5, 5.41) is 0. The van der Waals surface area contributed by atoms with Gasteiger partial charge in [0.2, 0.25) is 0 Å². The van der Waals surface area contributed by atoms with Gasteiger partial charge in [-0.25, -0.2) is 0 Å². The van der Waals surface area contributed by atoms with E-state index in [1.807, 2.05) is 32.9 Å². The first-order valence-corrected chi connectivity index (χ1v) is 5.07. The number of nitrogens with two attached hydrogens (primary N) is 1. The van der Waals surface area contributed by atoms with Gasteiger partial charge in [0.1, 0.15) is 5.82 Å². The topological polar surface area (TPSA) is 38.9 Å². The molecule has 0 fully saturated rings. The van der Waals surface area contributed by atoms with Crippen molar-refractivity contribution in [1.29, 1.82) is 0 Å². The number of hydrogen-bond donors (Lipinski definition) is 1. The highest BCUT2D eigenvalue weighted by Gasteiger charge is 2.03. The maximum absolute atomic E-state index is 5.58. The van der Waals surface area contributed by atoms with Crippen molar-refractivity contribution in [2.75, 3.05) is 5.73 Å². The van der Waals surface area contributed by atoms with Gasteiger partial charge in [-0.05, 0) is 24.5 Å². The Bertz CT molecular complexity index is 287. The Hall–Kier alpha value is -1.09. The van der Waals surface area contributed by atoms with E-state index in [4.69, 9.17) is 5.73 Å². The van der Waals surface area contributed by atoms with Gasteiger partial charge in [-0.1, -0.05) is 32.6 Å². The van der Waals surface area contributed by atoms with E-state index in [-0.39, 0.29) is 0 Å². The fraction of sp³-hybridized carbons (Fsp3) is 0.300. The molecular weight excluding hydrogens is 180 g/mol. The van der Waals surface area contributed by atoms with Gasteiger partial charge in [0.05, 0.1) is 4.88 Å². The van der Waals surface area contributed by atoms with Gasteiger partial charge < -0.3 is 5.73 Å². The van der Waals surface area contributed by atoms with Crippen molar-refractivity contribution in [1.82, 2.24) is 4.37 Å². The van der Waals surface area contributed by atoms with Gasteiger partial charge in [-0.3, -0.25) is 0 Å². The van der Waals surface area contributed by atoms with Gasteiger partial charge in [-0.2, -0.15) is 4.37 Å². The summed E-state index contributed by atoms with van der Waals surface area (Å²) in [6.45, 7) is 9.62. The molecule has 0 unspecified atom stereocenters. The zero-order valence-electron chi connectivity index (χ0n) is 8.37. The average Bonchev–Trinajstić information content (AvgIpc) is 2.51. The number of anilines is 1. The zero-order valence-corrected chi connectivity index (χ0v) is 9.19. The molecule has 0 atom stereocenters. The van der Waals surface area contributed by atoms with E-state index >= 15 is 0 Å². The van der Waals surface area contributed by atoms with Crippen LogP contribution < -0.4 is 5.73 Å². The lowest BCUT2D eigenvalue weighted by Crippen LogP contribution is -1.85. The summed E-state index contributed by atoms with van der Waals surface area (Å²) in [7, 11) is 0. The molecule has 0 aliphatic carbocycles. The number of rotatable bonds is 2. The van der Waals surface area contributed by atoms with Crippen LogP contribution in [0.25, 0.3) is 12.2 Å². The van der Waals surface area contributed by atoms with Crippen molar-refractivity contribution in [2.24, 2.45) is 0 Å². The first kappa shape index (κ1) is 11.9. The van der Waals surface area contributed by atoms with Crippen LogP contribution in [-0.4, -0.2) is 4.37 Å². The predicted molar refractivity (Wildman–Crippen MR) is 62.7 cm³/mol. The lowest BCUT2D eigenvalue weighted by molar-refractivity contribution is 1.50. The lowest BCUT2D eigenvalue weighted by Gasteiger charge is -1.88. The van der Waals surface area contributed by atoms with Crippen LogP contribution in [0.2, 0.25) is 0 Å². The standard InChI is InChI=1S/C8H10N2S.C2H6/c1-3-5-7-6(4-2)8(9)10-11-7;1-2/h3-5H,2H2,1H3,(H2,9,10);1-2H3/b5-3-;. The van der Waals surface area contributed by atoms with Crippen molar-refractivity contribution < 1.29 is 0 Å². The van der Waals surface area contributed by atoms with E-state index in [0.717, 1.165) is 10.4 Å². The zero-order chi connectivity index (χ0) is 10.3. The second-order valence-corrected chi connectivity index (χ2v) is 2.85. The van der Waals surface area contributed by atoms with Gasteiger partial charge >= 0.3 is 0 Å². The van der Waals surface area contributed by atoms with Crippen LogP contribution >= 0.6 is 11.5 Å². The molecule has 0 saturated heterocycles. The summed E-state index contributed by atoms with van der Waals surface area (Å²) >= 11 is 1.39. The normalized spacial score (nSPS) is 9.46. The molecule has 2 N–H and O–H groups in total. The summed E-state index contributed by atoms with van der Waals surface area (Å²) in [5.74, 6) is 0.568. The predicted octanol–water partition coefficient (Wildman–Crippen LogP) is 3.43. The van der Waals surface area contributed by atoms with Crippen molar-refractivity contribution in [3.63, 3.8) is 0 Å². The molecule has 0 spiro atoms. The molecule has 1 rings (SSSR count). The Labute approximate surface area is 84.0 Å². The van der Waals surface area contributed by atoms with Gasteiger partial charge in [-0.15, -0.1) is 0 Å². The molecule has 3 heteroatoms. The molecule has 1 heterocycles. The number of allylic oxidation sites excluding steroid dienone is 1. The molecular formula is C10H16N2S. The highest BCUT2D eigenvalue weighted by molar-refractivity contribution is 7.07. The molecule has 0 aliphatic heterocycles. The van der Waals surface area contributed by atoms with Crippen LogP contribution in [0.3, 0.4) is 0 Å². The third-order valence-electron chi connectivity index (χ3n) is 1.31. The van der Waals surface area contributed by atoms with E-state index < -0.39 is 0 Å². The minimum atomic E-state index is 0.568. The number of nitrogens with zero attached hydrogens (tertiary/aromatic N) is 1. The van der Waals surface area contributed by atoms with E-state index in [0.29, 0.717) is 5.82 Å². The summed E-state index contributed by atoms with van der Waals surface area (Å²) in [6, 6.07) is 0. The first-order valence-electron chi connectivity index (χ1n) is 4.30. The lowest BCUT2D eigenvalue weighted by atomic mass is 10.2. The molecule has 0 bridgehead atoms. The fourth-order valence-corrected chi connectivity index (χ4v) is 1.58. The minimum absolute atomic E-state index is 0.568. The fourth-order valence-electron chi connectivity index (χ4n) is 0.800. The van der Waals surface area contributed by atoms with Crippen LogP contribution in [0, 0.1) is 0 Å². The molecule has 0 radical (unpaired) electrons. The molecule has 1 aromatic heterocycles. The molecule has 0 saturated carbocycles. The van der Waals surface area contributed by atoms with Crippen molar-refractivity contribution in [3.8, 4) is 0 Å². The molecule has 0 amide bonds. The monoisotopic (exact) mass is 196 g/mol. The van der Waals surface area contributed by atoms with E-state index in [2.05, 4.69) is 11.0 Å². The Balaban J connectivity index is 0.000000671. The van der Waals surface area contributed by atoms with Crippen molar-refractivity contribution in [3.05, 3.63) is 23.1 Å². The van der Waals surface area contributed by atoms with Crippen molar-refractivity contribution in [2.45, 2.75) is 20.8 Å². The molecule has 0 aromatic carbocycles. The third-order valence-corrected chi connectivity index (χ3v) is 2.15. The quantitative estimate of drug-likeness (QED) is 0.787. The Morgan fingerprint density at radius 2 is 2.08 bits per heavy atom. The molecule has 2 nitrogen and oxygen atoms in total. The minimum Gasteiger partial charge on any atom is -0.382 e. The number of nitrogen functional groups attached to an aromatic ring is 1. The van der Waals surface area contributed by atoms with Crippen LogP contribution in [0.1, 0.15) is 31.2 Å². The van der Waals surface area contributed by atoms with Gasteiger partial charge in [0, 0.05) is 5.56 Å². The summed E-state index contributed by atoms with van der Waals surface area (Å²) in [5.41, 5.74) is 6.51. The summed E-state index contributed by atoms with van der Waals surface area (Å²) in [6.07, 6.45) is 5.67. The first-order chi connectivity index (χ1) is 6.29. The van der Waals surface area contributed by atoms with Crippen LogP contribution in [-0.2, 0) is 0 Å². The van der Waals surface area contributed by atoms with Crippen LogP contribution in [0.4, 0.5) is 5.82 Å². The Morgan fingerprint density at radius 1 is 1.46 bits per heavy atom. The SMILES string of the molecule is C=Cc1c(N)nsc1/C=C\C.CC. The smallest absolute Gasteiger partial charge is 0.144 e. The maximum atomic E-state index is 5.58. The van der Waals surface area contributed by atoms with Crippen LogP contribution in [0.15, 0.2) is 12.7 Å². The average molecular weight is 196 g/mol. The van der Waals surface area contributed by atoms with E-state index in [9.17, 15) is 0 Å². The number of aromatic nitrogens is 1. The highest BCUT2D eigenvalue weighted by atomic mass is 32.1. The highest BCUT2D eigenvalue weighted by Crippen LogP contribution is 2.22. The second kappa shape index (κ2) is 6.43. The third kappa shape index (κ3) is 3.03. The van der Waals surface area contributed by atoms with E-state index in [1.54, 1.807) is 6.08 Å². The number of hydrogen-bond acceptors (Lipinski definition) is 3. The second-order valence-electron chi connectivity index (χ2n) is 2.05. The maximum Gasteiger partial charge on any atom is 0.144 e. The molecule has 72 valence electrons. The largest absolute Gasteiger partial charge is 0.382 e. The van der Waals surface area contributed by atoms with Crippen LogP contribution in [0.5, 0.6) is 0 Å². The molecule has 13 heavy (non-hydrogen) atoms. The van der Waals surface area contributed by atoms with E-state index in [1.165, 1.54) is 11.5 Å². The van der Waals surface area contributed by atoms with Gasteiger partial charge in [0.25, 0.3) is 0 Å². The molecule has 1 aromatic rings. The van der Waals surface area contributed by atoms with Crippen molar-refractivity contribution >= 4 is 29.5 Å². The van der Waals surface area contributed by atoms with Gasteiger partial charge in [0.15, 0.2) is 0 Å². The Kier molecular flexibility index (Phi) is 5.89. The summed E-state index contributed by atoms with van der Waals surface area (Å²) < 4.78 is 4.00. The Morgan fingerprint density at radius 3 is 2.54 bits per heavy atom. The summed E-state index contributed by atoms with van der Waals surface area (Å²) in [4.78, 5) is 1.07.